The fourth-order valence-corrected chi connectivity index (χ4v) is 3.99. The molecule has 1 saturated heterocycles. The number of hydrogen-bond donors (Lipinski definition) is 1. The van der Waals surface area contributed by atoms with Gasteiger partial charge in [-0.25, -0.2) is 9.97 Å². The van der Waals surface area contributed by atoms with Gasteiger partial charge < -0.3 is 5.32 Å². The number of anilines is 1. The van der Waals surface area contributed by atoms with Gasteiger partial charge in [0.2, 0.25) is 0 Å². The van der Waals surface area contributed by atoms with Crippen molar-refractivity contribution >= 4 is 23.2 Å². The maximum Gasteiger partial charge on any atom is 0.259 e. The van der Waals surface area contributed by atoms with E-state index >= 15 is 0 Å². The molecule has 0 bridgehead atoms. The van der Waals surface area contributed by atoms with Gasteiger partial charge in [-0.1, -0.05) is 18.0 Å². The standard InChI is InChI=1S/C22H25ClN6O/c1-15-19(22(30)27-18-8-6-17(23)7-9-18)12-24-21(26-15)20-5-3-4-10-29(20)14-16-11-25-28(2)13-16/h6-9,11-13,20H,3-5,10,14H2,1-2H3,(H,27,30)/t20-/m0/s1. The molecule has 1 amide bonds. The van der Waals surface area contributed by atoms with Crippen molar-refractivity contribution in [2.24, 2.45) is 7.05 Å². The van der Waals surface area contributed by atoms with Crippen molar-refractivity contribution < 1.29 is 4.79 Å². The molecule has 7 nitrogen and oxygen atoms in total. The molecule has 8 heteroatoms. The van der Waals surface area contributed by atoms with Gasteiger partial charge in [0.05, 0.1) is 23.5 Å². The maximum atomic E-state index is 12.7. The molecule has 2 aromatic heterocycles. The van der Waals surface area contributed by atoms with Gasteiger partial charge >= 0.3 is 0 Å². The molecule has 1 atom stereocenters. The summed E-state index contributed by atoms with van der Waals surface area (Å²) in [5, 5.41) is 7.77. The van der Waals surface area contributed by atoms with Crippen LogP contribution in [0.25, 0.3) is 0 Å². The molecule has 0 radical (unpaired) electrons. The van der Waals surface area contributed by atoms with E-state index in [1.54, 1.807) is 30.5 Å². The molecule has 3 aromatic rings. The molecule has 1 N–H and O–H groups in total. The van der Waals surface area contributed by atoms with Crippen LogP contribution in [0, 0.1) is 6.92 Å². The van der Waals surface area contributed by atoms with Crippen molar-refractivity contribution in [2.45, 2.75) is 38.8 Å². The second-order valence-corrected chi connectivity index (χ2v) is 8.13. The van der Waals surface area contributed by atoms with Crippen molar-refractivity contribution in [3.8, 4) is 0 Å². The lowest BCUT2D eigenvalue weighted by atomic mass is 10.0. The van der Waals surface area contributed by atoms with Crippen LogP contribution in [0.5, 0.6) is 0 Å². The first-order valence-electron chi connectivity index (χ1n) is 10.1. The number of nitrogens with zero attached hydrogens (tertiary/aromatic N) is 5. The monoisotopic (exact) mass is 424 g/mol. The Bertz CT molecular complexity index is 1030. The van der Waals surface area contributed by atoms with Crippen LogP contribution in [0.4, 0.5) is 5.69 Å². The Morgan fingerprint density at radius 3 is 2.73 bits per heavy atom. The van der Waals surface area contributed by atoms with Gasteiger partial charge in [-0.2, -0.15) is 5.10 Å². The van der Waals surface area contributed by atoms with Crippen molar-refractivity contribution in [3.63, 3.8) is 0 Å². The van der Waals surface area contributed by atoms with Gasteiger partial charge in [-0.05, 0) is 50.6 Å². The van der Waals surface area contributed by atoms with Crippen LogP contribution in [-0.2, 0) is 13.6 Å². The van der Waals surface area contributed by atoms with E-state index in [1.165, 1.54) is 5.56 Å². The number of hydrogen-bond acceptors (Lipinski definition) is 5. The van der Waals surface area contributed by atoms with E-state index in [9.17, 15) is 4.79 Å². The molecule has 1 fully saturated rings. The van der Waals surface area contributed by atoms with Crippen molar-refractivity contribution in [1.82, 2.24) is 24.6 Å². The summed E-state index contributed by atoms with van der Waals surface area (Å²) in [5.41, 5.74) is 3.02. The van der Waals surface area contributed by atoms with Gasteiger partial charge in [0.15, 0.2) is 0 Å². The van der Waals surface area contributed by atoms with Gasteiger partial charge in [-0.15, -0.1) is 0 Å². The zero-order valence-corrected chi connectivity index (χ0v) is 17.9. The maximum absolute atomic E-state index is 12.7. The molecule has 0 unspecified atom stereocenters. The summed E-state index contributed by atoms with van der Waals surface area (Å²) in [4.78, 5) is 24.4. The zero-order chi connectivity index (χ0) is 21.1. The highest BCUT2D eigenvalue weighted by atomic mass is 35.5. The minimum absolute atomic E-state index is 0.144. The quantitative estimate of drug-likeness (QED) is 0.665. The second kappa shape index (κ2) is 8.93. The number of benzene rings is 1. The predicted octanol–water partition coefficient (Wildman–Crippen LogP) is 4.15. The van der Waals surface area contributed by atoms with Crippen molar-refractivity contribution in [1.29, 1.82) is 0 Å². The summed E-state index contributed by atoms with van der Waals surface area (Å²) in [6, 6.07) is 7.16. The molecule has 0 aliphatic carbocycles. The minimum atomic E-state index is -0.225. The highest BCUT2D eigenvalue weighted by Crippen LogP contribution is 2.30. The first-order valence-corrected chi connectivity index (χ1v) is 10.5. The van der Waals surface area contributed by atoms with Gasteiger partial charge in [0, 0.05) is 42.3 Å². The largest absolute Gasteiger partial charge is 0.322 e. The van der Waals surface area contributed by atoms with E-state index in [4.69, 9.17) is 16.6 Å². The third kappa shape index (κ3) is 4.68. The molecule has 4 rings (SSSR count). The SMILES string of the molecule is Cc1nc([C@@H]2CCCCN2Cc2cnn(C)c2)ncc1C(=O)Nc1ccc(Cl)cc1. The molecule has 156 valence electrons. The van der Waals surface area contributed by atoms with Crippen LogP contribution in [0.1, 0.15) is 52.7 Å². The molecule has 0 saturated carbocycles. The summed E-state index contributed by atoms with van der Waals surface area (Å²) in [6.07, 6.45) is 8.91. The van der Waals surface area contributed by atoms with E-state index < -0.39 is 0 Å². The van der Waals surface area contributed by atoms with E-state index in [0.29, 0.717) is 22.0 Å². The molecular weight excluding hydrogens is 400 g/mol. The third-order valence-corrected chi connectivity index (χ3v) is 5.65. The van der Waals surface area contributed by atoms with Gasteiger partial charge in [0.1, 0.15) is 5.82 Å². The van der Waals surface area contributed by atoms with E-state index in [0.717, 1.165) is 38.2 Å². The van der Waals surface area contributed by atoms with Crippen LogP contribution in [0.2, 0.25) is 5.02 Å². The van der Waals surface area contributed by atoms with Crippen LogP contribution in [-0.4, -0.2) is 37.1 Å². The summed E-state index contributed by atoms with van der Waals surface area (Å²) >= 11 is 5.90. The Morgan fingerprint density at radius 2 is 2.03 bits per heavy atom. The molecule has 1 aromatic carbocycles. The lowest BCUT2D eigenvalue weighted by molar-refractivity contribution is 0.102. The van der Waals surface area contributed by atoms with Crippen molar-refractivity contribution in [3.05, 3.63) is 70.5 Å². The fourth-order valence-electron chi connectivity index (χ4n) is 3.86. The average molecular weight is 425 g/mol. The molecule has 0 spiro atoms. The number of piperidine rings is 1. The van der Waals surface area contributed by atoms with Crippen LogP contribution in [0.15, 0.2) is 42.9 Å². The van der Waals surface area contributed by atoms with E-state index in [-0.39, 0.29) is 11.9 Å². The highest BCUT2D eigenvalue weighted by molar-refractivity contribution is 6.30. The summed E-state index contributed by atoms with van der Waals surface area (Å²) in [7, 11) is 1.93. The summed E-state index contributed by atoms with van der Waals surface area (Å²) in [5.74, 6) is 0.552. The topological polar surface area (TPSA) is 75.9 Å². The van der Waals surface area contributed by atoms with Gasteiger partial charge in [0.25, 0.3) is 5.91 Å². The van der Waals surface area contributed by atoms with Crippen LogP contribution < -0.4 is 5.32 Å². The number of aryl methyl sites for hydroxylation is 2. The Labute approximate surface area is 181 Å². The summed E-state index contributed by atoms with van der Waals surface area (Å²) < 4.78 is 1.82. The number of halogens is 1. The Hall–Kier alpha value is -2.77. The first-order chi connectivity index (χ1) is 14.5. The van der Waals surface area contributed by atoms with Crippen LogP contribution in [0.3, 0.4) is 0 Å². The number of likely N-dealkylation sites (tertiary alicyclic amines) is 1. The lowest BCUT2D eigenvalue weighted by Gasteiger charge is -2.34. The number of nitrogens with one attached hydrogen (secondary N) is 1. The third-order valence-electron chi connectivity index (χ3n) is 5.40. The first kappa shape index (κ1) is 20.5. The highest BCUT2D eigenvalue weighted by Gasteiger charge is 2.27. The van der Waals surface area contributed by atoms with E-state index in [2.05, 4.69) is 20.3 Å². The average Bonchev–Trinajstić information content (AvgIpc) is 3.14. The number of carbonyl (C=O) groups excluding carboxylic acids is 1. The Kier molecular flexibility index (Phi) is 6.11. The molecule has 3 heterocycles. The number of aromatic nitrogens is 4. The zero-order valence-electron chi connectivity index (χ0n) is 17.2. The summed E-state index contributed by atoms with van der Waals surface area (Å²) in [6.45, 7) is 3.68. The molecule has 1 aliphatic rings. The smallest absolute Gasteiger partial charge is 0.259 e. The van der Waals surface area contributed by atoms with Crippen molar-refractivity contribution in [2.75, 3.05) is 11.9 Å². The Morgan fingerprint density at radius 1 is 1.23 bits per heavy atom. The minimum Gasteiger partial charge on any atom is -0.322 e. The normalized spacial score (nSPS) is 17.1. The van der Waals surface area contributed by atoms with Gasteiger partial charge in [-0.3, -0.25) is 14.4 Å². The number of amides is 1. The predicted molar refractivity (Wildman–Crippen MR) is 116 cm³/mol. The fraction of sp³-hybridized carbons (Fsp3) is 0.364. The molecule has 1 aliphatic heterocycles. The number of carbonyl (C=O) groups is 1. The number of rotatable bonds is 5. The second-order valence-electron chi connectivity index (χ2n) is 7.69. The lowest BCUT2D eigenvalue weighted by Crippen LogP contribution is -2.34. The molecular formula is C22H25ClN6O. The van der Waals surface area contributed by atoms with Crippen LogP contribution >= 0.6 is 11.6 Å². The van der Waals surface area contributed by atoms with E-state index in [1.807, 2.05) is 31.0 Å². The molecule has 30 heavy (non-hydrogen) atoms. The Balaban J connectivity index is 1.50.